The molecule has 1 aromatic rings. The van der Waals surface area contributed by atoms with Crippen LogP contribution in [0.4, 0.5) is 19.3 Å². The molecule has 1 aromatic carbocycles. The summed E-state index contributed by atoms with van der Waals surface area (Å²) in [4.78, 5) is 24.0. The summed E-state index contributed by atoms with van der Waals surface area (Å²) in [5, 5.41) is 11.2. The average molecular weight is 349 g/mol. The summed E-state index contributed by atoms with van der Waals surface area (Å²) < 4.78 is 26.8. The number of aliphatic carboxylic acids is 1. The smallest absolute Gasteiger partial charge is 0.326 e. The molecular weight excluding hydrogens is 338 g/mol. The van der Waals surface area contributed by atoms with Crippen molar-refractivity contribution in [3.05, 3.63) is 28.2 Å². The Kier molecular flexibility index (Phi) is 4.22. The lowest BCUT2D eigenvalue weighted by Crippen LogP contribution is -2.42. The first-order valence-corrected chi connectivity index (χ1v) is 6.64. The van der Waals surface area contributed by atoms with E-state index in [4.69, 9.17) is 5.11 Å². The van der Waals surface area contributed by atoms with Gasteiger partial charge in [0.25, 0.3) is 0 Å². The number of urea groups is 1. The quantitative estimate of drug-likeness (QED) is 0.807. The normalized spacial score (nSPS) is 18.1. The fourth-order valence-corrected chi connectivity index (χ4v) is 2.39. The molecule has 2 rings (SSSR count). The lowest BCUT2D eigenvalue weighted by molar-refractivity contribution is -0.141. The molecule has 108 valence electrons. The molecule has 0 saturated carbocycles. The second-order valence-electron chi connectivity index (χ2n) is 4.37. The molecule has 8 heteroatoms. The summed E-state index contributed by atoms with van der Waals surface area (Å²) in [5.74, 6) is -2.64. The number of hydrogen-bond donors (Lipinski definition) is 2. The van der Waals surface area contributed by atoms with Crippen LogP contribution < -0.4 is 5.32 Å². The maximum Gasteiger partial charge on any atom is 0.326 e. The molecule has 2 amide bonds. The Hall–Kier alpha value is -1.70. The Labute approximate surface area is 121 Å². The molecule has 1 aliphatic heterocycles. The lowest BCUT2D eigenvalue weighted by atomic mass is 10.2. The number of carbonyl (C=O) groups excluding carboxylic acids is 1. The SMILES string of the molecule is O=C(O)[C@@H]1CCCN1C(=O)Nc1cc(F)c(Br)cc1F. The molecule has 1 atom stereocenters. The zero-order valence-electron chi connectivity index (χ0n) is 10.2. The van der Waals surface area contributed by atoms with E-state index in [-0.39, 0.29) is 16.7 Å². The first-order valence-electron chi connectivity index (χ1n) is 5.85. The predicted octanol–water partition coefficient (Wildman–Crippen LogP) is 2.81. The van der Waals surface area contributed by atoms with Gasteiger partial charge in [-0.3, -0.25) is 0 Å². The van der Waals surface area contributed by atoms with Crippen LogP contribution in [0.15, 0.2) is 16.6 Å². The minimum atomic E-state index is -1.11. The van der Waals surface area contributed by atoms with Gasteiger partial charge in [-0.15, -0.1) is 0 Å². The molecule has 0 spiro atoms. The summed E-state index contributed by atoms with van der Waals surface area (Å²) in [6.07, 6.45) is 0.904. The maximum atomic E-state index is 13.6. The highest BCUT2D eigenvalue weighted by Crippen LogP contribution is 2.25. The third-order valence-corrected chi connectivity index (χ3v) is 3.66. The van der Waals surface area contributed by atoms with Crippen LogP contribution in [0.2, 0.25) is 0 Å². The Balaban J connectivity index is 2.16. The number of halogens is 3. The number of carboxylic acids is 1. The van der Waals surface area contributed by atoms with E-state index in [2.05, 4.69) is 21.2 Å². The zero-order chi connectivity index (χ0) is 14.9. The fraction of sp³-hybridized carbons (Fsp3) is 0.333. The Morgan fingerprint density at radius 2 is 2.05 bits per heavy atom. The third-order valence-electron chi connectivity index (χ3n) is 3.05. The highest BCUT2D eigenvalue weighted by molar-refractivity contribution is 9.10. The molecule has 0 aliphatic carbocycles. The first-order chi connectivity index (χ1) is 9.40. The molecule has 1 fully saturated rings. The summed E-state index contributed by atoms with van der Waals surface area (Å²) in [7, 11) is 0. The van der Waals surface area contributed by atoms with Gasteiger partial charge in [0, 0.05) is 12.6 Å². The van der Waals surface area contributed by atoms with Crippen LogP contribution in [0.3, 0.4) is 0 Å². The van der Waals surface area contributed by atoms with Crippen molar-refractivity contribution in [2.24, 2.45) is 0 Å². The van der Waals surface area contributed by atoms with Gasteiger partial charge in [-0.1, -0.05) is 0 Å². The van der Waals surface area contributed by atoms with Gasteiger partial charge in [-0.05, 0) is 34.8 Å². The number of anilines is 1. The van der Waals surface area contributed by atoms with Gasteiger partial charge in [-0.25, -0.2) is 18.4 Å². The molecule has 5 nitrogen and oxygen atoms in total. The topological polar surface area (TPSA) is 69.6 Å². The number of amides is 2. The van der Waals surface area contributed by atoms with Gasteiger partial charge in [0.2, 0.25) is 0 Å². The van der Waals surface area contributed by atoms with Gasteiger partial charge in [0.15, 0.2) is 0 Å². The highest BCUT2D eigenvalue weighted by Gasteiger charge is 2.34. The molecule has 0 aromatic heterocycles. The van der Waals surface area contributed by atoms with Gasteiger partial charge >= 0.3 is 12.0 Å². The molecule has 2 N–H and O–H groups in total. The number of benzene rings is 1. The maximum absolute atomic E-state index is 13.6. The van der Waals surface area contributed by atoms with E-state index in [1.165, 1.54) is 0 Å². The van der Waals surface area contributed by atoms with Crippen molar-refractivity contribution in [1.82, 2.24) is 4.90 Å². The van der Waals surface area contributed by atoms with Gasteiger partial charge in [-0.2, -0.15) is 0 Å². The Morgan fingerprint density at radius 1 is 1.35 bits per heavy atom. The van der Waals surface area contributed by atoms with E-state index >= 15 is 0 Å². The van der Waals surface area contributed by atoms with E-state index in [0.29, 0.717) is 12.8 Å². The number of nitrogens with zero attached hydrogens (tertiary/aromatic N) is 1. The van der Waals surface area contributed by atoms with Crippen molar-refractivity contribution in [3.8, 4) is 0 Å². The third kappa shape index (κ3) is 2.90. The summed E-state index contributed by atoms with van der Waals surface area (Å²) >= 11 is 2.83. The standard InChI is InChI=1S/C12H11BrF2N2O3/c13-6-4-8(15)9(5-7(6)14)16-12(20)17-3-1-2-10(17)11(18)19/h4-5,10H,1-3H2,(H,16,20)(H,18,19)/t10-/m0/s1. The second-order valence-corrected chi connectivity index (χ2v) is 5.22. The molecule has 0 radical (unpaired) electrons. The lowest BCUT2D eigenvalue weighted by Gasteiger charge is -2.22. The number of hydrogen-bond acceptors (Lipinski definition) is 2. The molecule has 0 bridgehead atoms. The van der Waals surface area contributed by atoms with Crippen molar-refractivity contribution in [2.45, 2.75) is 18.9 Å². The minimum absolute atomic E-state index is 0.0578. The fourth-order valence-electron chi connectivity index (χ4n) is 2.07. The number of carbonyl (C=O) groups is 2. The molecule has 1 aliphatic rings. The average Bonchev–Trinajstić information content (AvgIpc) is 2.85. The zero-order valence-corrected chi connectivity index (χ0v) is 11.8. The van der Waals surface area contributed by atoms with E-state index in [0.717, 1.165) is 17.0 Å². The highest BCUT2D eigenvalue weighted by atomic mass is 79.9. The summed E-state index contributed by atoms with van der Waals surface area (Å²) in [6, 6.07) is 0.0427. The van der Waals surface area contributed by atoms with E-state index < -0.39 is 29.7 Å². The number of rotatable bonds is 2. The van der Waals surface area contributed by atoms with Crippen molar-refractivity contribution in [3.63, 3.8) is 0 Å². The van der Waals surface area contributed by atoms with Crippen molar-refractivity contribution in [2.75, 3.05) is 11.9 Å². The van der Waals surface area contributed by atoms with Gasteiger partial charge in [0.05, 0.1) is 10.2 Å². The van der Waals surface area contributed by atoms with E-state index in [1.807, 2.05) is 0 Å². The van der Waals surface area contributed by atoms with Crippen LogP contribution in [0.5, 0.6) is 0 Å². The van der Waals surface area contributed by atoms with Crippen LogP contribution in [0.1, 0.15) is 12.8 Å². The summed E-state index contributed by atoms with van der Waals surface area (Å²) in [6.45, 7) is 0.267. The second kappa shape index (κ2) is 5.74. The van der Waals surface area contributed by atoms with Crippen LogP contribution in [0.25, 0.3) is 0 Å². The minimum Gasteiger partial charge on any atom is -0.480 e. The van der Waals surface area contributed by atoms with Crippen LogP contribution >= 0.6 is 15.9 Å². The Bertz CT molecular complexity index is 568. The predicted molar refractivity (Wildman–Crippen MR) is 70.4 cm³/mol. The molecular formula is C12H11BrF2N2O3. The largest absolute Gasteiger partial charge is 0.480 e. The van der Waals surface area contributed by atoms with Gasteiger partial charge in [0.1, 0.15) is 17.7 Å². The first kappa shape index (κ1) is 14.7. The van der Waals surface area contributed by atoms with Crippen LogP contribution in [0, 0.1) is 11.6 Å². The molecule has 1 heterocycles. The number of carboxylic acid groups (broad SMARTS) is 1. The molecule has 1 saturated heterocycles. The molecule has 0 unspecified atom stereocenters. The number of likely N-dealkylation sites (tertiary alicyclic amines) is 1. The van der Waals surface area contributed by atoms with E-state index in [1.54, 1.807) is 0 Å². The van der Waals surface area contributed by atoms with Crippen molar-refractivity contribution in [1.29, 1.82) is 0 Å². The van der Waals surface area contributed by atoms with Gasteiger partial charge < -0.3 is 15.3 Å². The summed E-state index contributed by atoms with van der Waals surface area (Å²) in [5.41, 5.74) is -0.327. The van der Waals surface area contributed by atoms with E-state index in [9.17, 15) is 18.4 Å². The van der Waals surface area contributed by atoms with Crippen molar-refractivity contribution >= 4 is 33.6 Å². The van der Waals surface area contributed by atoms with Crippen molar-refractivity contribution < 1.29 is 23.5 Å². The monoisotopic (exact) mass is 348 g/mol. The van der Waals surface area contributed by atoms with Crippen LogP contribution in [-0.2, 0) is 4.79 Å². The Morgan fingerprint density at radius 3 is 2.70 bits per heavy atom. The van der Waals surface area contributed by atoms with Crippen LogP contribution in [-0.4, -0.2) is 34.6 Å². The number of nitrogens with one attached hydrogen (secondary N) is 1. The molecule has 20 heavy (non-hydrogen) atoms.